The van der Waals surface area contributed by atoms with Crippen LogP contribution in [0.5, 0.6) is 0 Å². The summed E-state index contributed by atoms with van der Waals surface area (Å²) < 4.78 is 78.1. The predicted octanol–water partition coefficient (Wildman–Crippen LogP) is 12.4. The first kappa shape index (κ1) is 55.6. The van der Waals surface area contributed by atoms with Crippen LogP contribution in [-0.4, -0.2) is 74.6 Å². The number of hydrogen-bond acceptors (Lipinski definition) is 11. The molecule has 2 heterocycles. The molecule has 0 amide bonds. The van der Waals surface area contributed by atoms with Gasteiger partial charge in [-0.15, -0.1) is 0 Å². The lowest BCUT2D eigenvalue weighted by Crippen LogP contribution is -2.64. The molecule has 2 saturated heterocycles. The maximum atomic E-state index is 7.70. The molecule has 10 rings (SSSR count). The van der Waals surface area contributed by atoms with E-state index in [-0.39, 0.29) is 59.5 Å². The van der Waals surface area contributed by atoms with Crippen LogP contribution < -0.4 is 0 Å². The second-order valence-corrected chi connectivity index (χ2v) is 19.9. The summed E-state index contributed by atoms with van der Waals surface area (Å²) >= 11 is 0. The highest BCUT2D eigenvalue weighted by atomic mass is 16.8. The van der Waals surface area contributed by atoms with Gasteiger partial charge in [0.25, 0.3) is 0 Å². The van der Waals surface area contributed by atoms with Gasteiger partial charge in [-0.3, -0.25) is 0 Å². The number of ether oxygens (including phenoxy) is 11. The summed E-state index contributed by atoms with van der Waals surface area (Å²) in [5.74, 6) is -1.72. The van der Waals surface area contributed by atoms with Gasteiger partial charge in [-0.1, -0.05) is 243 Å². The monoisotopic (exact) mass is 1060 g/mol. The van der Waals surface area contributed by atoms with Gasteiger partial charge in [-0.2, -0.15) is 0 Å². The van der Waals surface area contributed by atoms with E-state index in [2.05, 4.69) is 0 Å². The van der Waals surface area contributed by atoms with Crippen molar-refractivity contribution in [2.45, 2.75) is 108 Å². The minimum absolute atomic E-state index is 0.106. The van der Waals surface area contributed by atoms with Crippen LogP contribution in [0.2, 0.25) is 0 Å². The van der Waals surface area contributed by atoms with Gasteiger partial charge in [0.15, 0.2) is 6.29 Å². The predicted molar refractivity (Wildman–Crippen MR) is 301 cm³/mol. The lowest BCUT2D eigenvalue weighted by atomic mass is 9.97. The van der Waals surface area contributed by atoms with E-state index in [4.69, 9.17) is 52.1 Å². The molecule has 8 aromatic carbocycles. The zero-order chi connectivity index (χ0) is 53.6. The van der Waals surface area contributed by atoms with Crippen LogP contribution in [0.1, 0.15) is 44.5 Å². The third-order valence-electron chi connectivity index (χ3n) is 14.0. The molecule has 79 heavy (non-hydrogen) atoms. The molecule has 2 fully saturated rings. The average molecular weight is 1060 g/mol. The molecule has 0 bridgehead atoms. The van der Waals surface area contributed by atoms with Crippen molar-refractivity contribution in [1.82, 2.24) is 0 Å². The maximum absolute atomic E-state index is 7.70. The molecule has 9 atom stereocenters. The van der Waals surface area contributed by atoms with Gasteiger partial charge in [0.05, 0.1) is 66.1 Å². The molecule has 2 unspecified atom stereocenters. The molecule has 11 nitrogen and oxygen atoms in total. The second kappa shape index (κ2) is 29.5. The Hall–Kier alpha value is -6.68. The Morgan fingerprint density at radius 3 is 0.987 bits per heavy atom. The van der Waals surface area contributed by atoms with Crippen LogP contribution in [0.25, 0.3) is 0 Å². The number of hydrogen-bond donors (Lipinski definition) is 0. The number of benzene rings is 8. The Kier molecular flexibility index (Phi) is 20.8. The fraction of sp³-hybridized carbons (Fsp3) is 0.294. The van der Waals surface area contributed by atoms with Gasteiger partial charge in [0, 0.05) is 0 Å². The third kappa shape index (κ3) is 16.2. The quantitative estimate of drug-likeness (QED) is 0.0448. The largest absolute Gasteiger partial charge is 0.374 e. The van der Waals surface area contributed by atoms with Crippen LogP contribution in [-0.2, 0) is 105 Å². The van der Waals surface area contributed by atoms with Gasteiger partial charge in [-0.05, 0) is 44.5 Å². The van der Waals surface area contributed by atoms with Crippen LogP contribution in [0.4, 0.5) is 0 Å². The van der Waals surface area contributed by atoms with Gasteiger partial charge in [0.2, 0.25) is 5.79 Å². The van der Waals surface area contributed by atoms with Crippen LogP contribution in [0.15, 0.2) is 243 Å². The summed E-state index contributed by atoms with van der Waals surface area (Å²) in [6.45, 7) is 2.26. The van der Waals surface area contributed by atoms with E-state index in [0.717, 1.165) is 44.5 Å². The second-order valence-electron chi connectivity index (χ2n) is 19.9. The van der Waals surface area contributed by atoms with Crippen molar-refractivity contribution in [1.29, 1.82) is 0 Å². The summed E-state index contributed by atoms with van der Waals surface area (Å²) in [6.07, 6.45) is -6.80. The van der Waals surface area contributed by atoms with E-state index in [1.807, 2.05) is 243 Å². The standard InChI is InChI=1S/C68H70O11/c1-9-25-52(26-10-1)41-69-49-60-62(72-44-55-31-15-4-16-32-55)64(74-46-57-35-19-6-20-36-57)65(75-47-58-37-21-7-22-38-58)67(77-60)79-68(51-71-43-54-29-13-3-14-30-54)66(76-48-59-39-23-8-24-40-59)63(73-45-56-33-17-5-18-34-56)61(78-68)50-70-42-53-27-11-2-12-28-53/h1-40,60-67H,41-51H2/t60-,61-,62-,63-,64+,65+,66+,67?,68?/m1/s1. The first-order valence-corrected chi connectivity index (χ1v) is 27.3. The average Bonchev–Trinajstić information content (AvgIpc) is 4.06. The van der Waals surface area contributed by atoms with Crippen molar-refractivity contribution >= 4 is 0 Å². The SMILES string of the molecule is c1ccc(COC[C@H]2OC(COCc3ccccc3)(OC3O[C@H](COCc4ccccc4)[C@@H](OCc4ccccc4)[C@H](OCc4ccccc4)[C@@H]3OCc3ccccc3)[C@@H](OCc3ccccc3)[C@@H]2OCc2ccccc2)cc1. The lowest BCUT2D eigenvalue weighted by Gasteiger charge is -2.48. The lowest BCUT2D eigenvalue weighted by molar-refractivity contribution is -0.398. The van der Waals surface area contributed by atoms with E-state index < -0.39 is 54.8 Å². The van der Waals surface area contributed by atoms with Crippen LogP contribution >= 0.6 is 0 Å². The molecule has 0 aliphatic carbocycles. The Morgan fingerprint density at radius 2 is 0.595 bits per heavy atom. The van der Waals surface area contributed by atoms with Crippen LogP contribution in [0.3, 0.4) is 0 Å². The van der Waals surface area contributed by atoms with E-state index in [1.54, 1.807) is 0 Å². The number of rotatable bonds is 29. The Bertz CT molecular complexity index is 2910. The van der Waals surface area contributed by atoms with Crippen molar-refractivity contribution in [3.05, 3.63) is 287 Å². The van der Waals surface area contributed by atoms with Crippen molar-refractivity contribution in [3.8, 4) is 0 Å². The molecule has 2 aliphatic heterocycles. The molecule has 8 aromatic rings. The van der Waals surface area contributed by atoms with Gasteiger partial charge in [0.1, 0.15) is 49.3 Å². The van der Waals surface area contributed by atoms with Crippen LogP contribution in [0, 0.1) is 0 Å². The molecule has 0 spiro atoms. The fourth-order valence-corrected chi connectivity index (χ4v) is 9.94. The van der Waals surface area contributed by atoms with E-state index in [0.29, 0.717) is 13.2 Å². The summed E-state index contributed by atoms with van der Waals surface area (Å²) in [5.41, 5.74) is 7.86. The molecule has 0 saturated carbocycles. The topological polar surface area (TPSA) is 102 Å². The highest BCUT2D eigenvalue weighted by Crippen LogP contribution is 2.42. The highest BCUT2D eigenvalue weighted by Gasteiger charge is 2.62. The van der Waals surface area contributed by atoms with Gasteiger partial charge < -0.3 is 52.1 Å². The zero-order valence-electron chi connectivity index (χ0n) is 44.5. The highest BCUT2D eigenvalue weighted by molar-refractivity contribution is 5.20. The Morgan fingerprint density at radius 1 is 0.291 bits per heavy atom. The first-order chi connectivity index (χ1) is 39.1. The smallest absolute Gasteiger partial charge is 0.224 e. The first-order valence-electron chi connectivity index (χ1n) is 27.3. The minimum Gasteiger partial charge on any atom is -0.374 e. The third-order valence-corrected chi connectivity index (χ3v) is 14.0. The Balaban J connectivity index is 1.07. The normalized spacial score (nSPS) is 22.9. The van der Waals surface area contributed by atoms with Crippen molar-refractivity contribution in [3.63, 3.8) is 0 Å². The van der Waals surface area contributed by atoms with Crippen molar-refractivity contribution < 1.29 is 52.1 Å². The molecule has 0 aromatic heterocycles. The summed E-state index contributed by atoms with van der Waals surface area (Å²) in [7, 11) is 0. The van der Waals surface area contributed by atoms with E-state index >= 15 is 0 Å². The van der Waals surface area contributed by atoms with E-state index in [1.165, 1.54) is 0 Å². The molecule has 2 aliphatic rings. The summed E-state index contributed by atoms with van der Waals surface area (Å²) in [5, 5.41) is 0. The van der Waals surface area contributed by atoms with Gasteiger partial charge >= 0.3 is 0 Å². The summed E-state index contributed by atoms with van der Waals surface area (Å²) in [4.78, 5) is 0. The van der Waals surface area contributed by atoms with Crippen molar-refractivity contribution in [2.24, 2.45) is 0 Å². The van der Waals surface area contributed by atoms with Gasteiger partial charge in [-0.25, -0.2) is 0 Å². The minimum atomic E-state index is -1.72. The van der Waals surface area contributed by atoms with E-state index in [9.17, 15) is 0 Å². The molecular formula is C68H70O11. The maximum Gasteiger partial charge on any atom is 0.224 e. The zero-order valence-corrected chi connectivity index (χ0v) is 44.5. The molecule has 0 radical (unpaired) electrons. The summed E-state index contributed by atoms with van der Waals surface area (Å²) in [6, 6.07) is 80.5. The fourth-order valence-electron chi connectivity index (χ4n) is 9.94. The molecular weight excluding hydrogens is 993 g/mol. The molecule has 408 valence electrons. The molecule has 0 N–H and O–H groups in total. The van der Waals surface area contributed by atoms with Crippen molar-refractivity contribution in [2.75, 3.05) is 19.8 Å². The molecule has 11 heteroatoms. The Labute approximate surface area is 464 Å².